The van der Waals surface area contributed by atoms with E-state index in [0.717, 1.165) is 11.6 Å². The van der Waals surface area contributed by atoms with E-state index >= 15 is 0 Å². The molecule has 0 bridgehead atoms. The number of hydroxylamine groups is 1. The SMILES string of the molecule is CN(C)CCNC(=O)[C@@]1(Cc2ccc(OCc3cc(C(F)(F)F)nc4ccccc34)cc2)C[C@@H]1C(=O)NO. The molecule has 1 aliphatic rings. The Bertz CT molecular complexity index is 1310. The van der Waals surface area contributed by atoms with Gasteiger partial charge in [-0.15, -0.1) is 0 Å². The van der Waals surface area contributed by atoms with Crippen LogP contribution < -0.4 is 15.5 Å². The molecule has 202 valence electrons. The first kappa shape index (κ1) is 27.3. The first-order valence-corrected chi connectivity index (χ1v) is 12.1. The van der Waals surface area contributed by atoms with Crippen LogP contribution in [0.3, 0.4) is 0 Å². The molecule has 11 heteroatoms. The second kappa shape index (κ2) is 11.0. The van der Waals surface area contributed by atoms with Crippen molar-refractivity contribution in [2.24, 2.45) is 11.3 Å². The molecule has 1 aromatic heterocycles. The zero-order valence-corrected chi connectivity index (χ0v) is 21.0. The first-order valence-electron chi connectivity index (χ1n) is 12.1. The summed E-state index contributed by atoms with van der Waals surface area (Å²) in [5.41, 5.74) is 1.06. The van der Waals surface area contributed by atoms with Gasteiger partial charge in [-0.3, -0.25) is 14.8 Å². The van der Waals surface area contributed by atoms with E-state index in [1.165, 1.54) is 6.07 Å². The highest BCUT2D eigenvalue weighted by Crippen LogP contribution is 2.55. The van der Waals surface area contributed by atoms with Crippen LogP contribution in [0.4, 0.5) is 13.2 Å². The van der Waals surface area contributed by atoms with E-state index in [1.807, 2.05) is 19.0 Å². The third-order valence-corrected chi connectivity index (χ3v) is 6.73. The molecule has 0 unspecified atom stereocenters. The van der Waals surface area contributed by atoms with Gasteiger partial charge < -0.3 is 15.0 Å². The van der Waals surface area contributed by atoms with Crippen molar-refractivity contribution in [3.05, 3.63) is 71.4 Å². The van der Waals surface area contributed by atoms with Crippen LogP contribution in [0.5, 0.6) is 5.75 Å². The molecule has 0 radical (unpaired) electrons. The molecule has 4 rings (SSSR count). The van der Waals surface area contributed by atoms with E-state index in [1.54, 1.807) is 47.9 Å². The molecule has 1 aliphatic carbocycles. The van der Waals surface area contributed by atoms with Crippen molar-refractivity contribution in [3.63, 3.8) is 0 Å². The fraction of sp³-hybridized carbons (Fsp3) is 0.370. The van der Waals surface area contributed by atoms with Gasteiger partial charge in [0.2, 0.25) is 11.8 Å². The highest BCUT2D eigenvalue weighted by molar-refractivity contribution is 5.95. The molecule has 3 N–H and O–H groups in total. The maximum atomic E-state index is 13.3. The van der Waals surface area contributed by atoms with Crippen LogP contribution in [-0.4, -0.2) is 54.1 Å². The van der Waals surface area contributed by atoms with E-state index in [9.17, 15) is 22.8 Å². The number of carbonyl (C=O) groups excluding carboxylic acids is 2. The normalized spacial score (nSPS) is 18.9. The standard InChI is InChI=1S/C27H29F3N4O4/c1-34(2)12-11-31-25(36)26(15-21(26)24(35)33-37)14-17-7-9-19(10-8-17)38-16-18-13-23(27(28,29)30)32-22-6-4-3-5-20(18)22/h3-10,13,21,37H,11-12,14-16H2,1-2H3,(H,31,36)(H,33,35)/t21-,26+/m1/s1. The fourth-order valence-corrected chi connectivity index (χ4v) is 4.56. The summed E-state index contributed by atoms with van der Waals surface area (Å²) in [7, 11) is 3.77. The lowest BCUT2D eigenvalue weighted by atomic mass is 9.92. The lowest BCUT2D eigenvalue weighted by Crippen LogP contribution is -2.40. The number of halogens is 3. The van der Waals surface area contributed by atoms with E-state index in [2.05, 4.69) is 10.3 Å². The van der Waals surface area contributed by atoms with Gasteiger partial charge in [-0.05, 0) is 56.8 Å². The predicted octanol–water partition coefficient (Wildman–Crippen LogP) is 3.56. The third-order valence-electron chi connectivity index (χ3n) is 6.73. The summed E-state index contributed by atoms with van der Waals surface area (Å²) >= 11 is 0. The smallest absolute Gasteiger partial charge is 0.433 e. The third kappa shape index (κ3) is 6.05. The maximum Gasteiger partial charge on any atom is 0.433 e. The number of fused-ring (bicyclic) bond motifs is 1. The number of hydrogen-bond acceptors (Lipinski definition) is 6. The van der Waals surface area contributed by atoms with Crippen molar-refractivity contribution >= 4 is 22.7 Å². The molecule has 0 saturated heterocycles. The van der Waals surface area contributed by atoms with Crippen LogP contribution in [0, 0.1) is 11.3 Å². The summed E-state index contributed by atoms with van der Waals surface area (Å²) in [6, 6.07) is 14.4. The van der Waals surface area contributed by atoms with Crippen molar-refractivity contribution in [1.29, 1.82) is 0 Å². The quantitative estimate of drug-likeness (QED) is 0.274. The Morgan fingerprint density at radius 1 is 1.16 bits per heavy atom. The second-order valence-electron chi connectivity index (χ2n) is 9.74. The molecular formula is C27H29F3N4O4. The van der Waals surface area contributed by atoms with Crippen LogP contribution >= 0.6 is 0 Å². The van der Waals surface area contributed by atoms with Crippen molar-refractivity contribution in [2.75, 3.05) is 27.2 Å². The van der Waals surface area contributed by atoms with Gasteiger partial charge in [0.15, 0.2) is 0 Å². The van der Waals surface area contributed by atoms with Crippen molar-refractivity contribution < 1.29 is 32.7 Å². The maximum absolute atomic E-state index is 13.3. The largest absolute Gasteiger partial charge is 0.489 e. The molecule has 3 aromatic rings. The molecule has 2 amide bonds. The minimum Gasteiger partial charge on any atom is -0.489 e. The second-order valence-corrected chi connectivity index (χ2v) is 9.74. The number of amides is 2. The number of ether oxygens (including phenoxy) is 1. The Hall–Kier alpha value is -3.70. The van der Waals surface area contributed by atoms with Crippen molar-refractivity contribution in [2.45, 2.75) is 25.6 Å². The summed E-state index contributed by atoms with van der Waals surface area (Å²) in [4.78, 5) is 30.7. The van der Waals surface area contributed by atoms with Crippen LogP contribution in [-0.2, 0) is 28.8 Å². The number of likely N-dealkylation sites (N-methyl/N-ethyl adjacent to an activating group) is 1. The molecule has 0 aliphatic heterocycles. The Kier molecular flexibility index (Phi) is 7.89. The number of carbonyl (C=O) groups is 2. The van der Waals surface area contributed by atoms with Gasteiger partial charge in [-0.25, -0.2) is 10.5 Å². The average molecular weight is 531 g/mol. The molecule has 2 aromatic carbocycles. The topological polar surface area (TPSA) is 104 Å². The lowest BCUT2D eigenvalue weighted by molar-refractivity contribution is -0.141. The lowest BCUT2D eigenvalue weighted by Gasteiger charge is -2.19. The number of alkyl halides is 3. The minimum absolute atomic E-state index is 0.0948. The molecule has 2 atom stereocenters. The number of benzene rings is 2. The number of aromatic nitrogens is 1. The summed E-state index contributed by atoms with van der Waals surface area (Å²) in [5, 5.41) is 12.5. The van der Waals surface area contributed by atoms with E-state index < -0.39 is 29.1 Å². The summed E-state index contributed by atoms with van der Waals surface area (Å²) < 4.78 is 45.8. The van der Waals surface area contributed by atoms with Crippen LogP contribution in [0.1, 0.15) is 23.2 Å². The fourth-order valence-electron chi connectivity index (χ4n) is 4.56. The van der Waals surface area contributed by atoms with Crippen molar-refractivity contribution in [1.82, 2.24) is 20.7 Å². The van der Waals surface area contributed by atoms with Crippen molar-refractivity contribution in [3.8, 4) is 5.75 Å². The van der Waals surface area contributed by atoms with E-state index in [4.69, 9.17) is 9.94 Å². The Labute approximate surface area is 217 Å². The molecule has 1 heterocycles. The molecule has 8 nitrogen and oxygen atoms in total. The van der Waals surface area contributed by atoms with Crippen LogP contribution in [0.25, 0.3) is 10.9 Å². The Morgan fingerprint density at radius 3 is 2.53 bits per heavy atom. The van der Waals surface area contributed by atoms with Gasteiger partial charge >= 0.3 is 6.18 Å². The number of nitrogens with one attached hydrogen (secondary N) is 2. The number of hydrogen-bond donors (Lipinski definition) is 3. The van der Waals surface area contributed by atoms with Gasteiger partial charge in [0.1, 0.15) is 18.1 Å². The predicted molar refractivity (Wildman–Crippen MR) is 133 cm³/mol. The number of nitrogens with zero attached hydrogens (tertiary/aromatic N) is 2. The average Bonchev–Trinajstić information content (AvgIpc) is 3.62. The molecule has 38 heavy (non-hydrogen) atoms. The summed E-state index contributed by atoms with van der Waals surface area (Å²) in [5.74, 6) is -1.06. The van der Waals surface area contributed by atoms with Gasteiger partial charge in [0.05, 0.1) is 16.8 Å². The number of pyridine rings is 1. The van der Waals surface area contributed by atoms with Gasteiger partial charge in [-0.1, -0.05) is 30.3 Å². The Morgan fingerprint density at radius 2 is 1.87 bits per heavy atom. The Balaban J connectivity index is 1.46. The van der Waals surface area contributed by atoms with Gasteiger partial charge in [0.25, 0.3) is 0 Å². The zero-order valence-electron chi connectivity index (χ0n) is 21.0. The minimum atomic E-state index is -4.58. The number of rotatable bonds is 10. The first-order chi connectivity index (χ1) is 18.0. The number of para-hydroxylation sites is 1. The molecule has 0 spiro atoms. The summed E-state index contributed by atoms with van der Waals surface area (Å²) in [6.45, 7) is 0.970. The van der Waals surface area contributed by atoms with Crippen LogP contribution in [0.15, 0.2) is 54.6 Å². The van der Waals surface area contributed by atoms with Gasteiger partial charge in [0, 0.05) is 24.0 Å². The van der Waals surface area contributed by atoms with Gasteiger partial charge in [-0.2, -0.15) is 13.2 Å². The molecule has 1 fully saturated rings. The monoisotopic (exact) mass is 530 g/mol. The van der Waals surface area contributed by atoms with Crippen LogP contribution in [0.2, 0.25) is 0 Å². The molecular weight excluding hydrogens is 501 g/mol. The highest BCUT2D eigenvalue weighted by atomic mass is 19.4. The van der Waals surface area contributed by atoms with E-state index in [0.29, 0.717) is 36.2 Å². The molecule has 1 saturated carbocycles. The van der Waals surface area contributed by atoms with E-state index in [-0.39, 0.29) is 24.5 Å². The zero-order chi connectivity index (χ0) is 27.5. The highest BCUT2D eigenvalue weighted by Gasteiger charge is 2.63. The summed E-state index contributed by atoms with van der Waals surface area (Å²) in [6.07, 6.45) is -3.99.